The Morgan fingerprint density at radius 2 is 2.00 bits per heavy atom. The minimum absolute atomic E-state index is 0.206. The summed E-state index contributed by atoms with van der Waals surface area (Å²) in [4.78, 5) is 10.7. The van der Waals surface area contributed by atoms with E-state index in [1.165, 1.54) is 12.8 Å². The molecule has 0 saturated carbocycles. The van der Waals surface area contributed by atoms with Crippen LogP contribution in [0.15, 0.2) is 12.4 Å². The molecule has 1 fully saturated rings. The summed E-state index contributed by atoms with van der Waals surface area (Å²) in [5.74, 6) is 2.36. The van der Waals surface area contributed by atoms with Gasteiger partial charge in [-0.15, -0.1) is 0 Å². The van der Waals surface area contributed by atoms with Crippen molar-refractivity contribution in [1.29, 1.82) is 0 Å². The van der Waals surface area contributed by atoms with E-state index in [9.17, 15) is 0 Å². The molecule has 1 aliphatic rings. The Labute approximate surface area is 121 Å². The molecule has 1 aromatic rings. The van der Waals surface area contributed by atoms with E-state index >= 15 is 0 Å². The standard InChI is InChI=1S/C15H26N4O/c1-15(2,3)18-10-12-5-7-19(8-6-12)13-9-14(20-4)17-11-16-13/h9,11-12,18H,5-8,10H2,1-4H3. The van der Waals surface area contributed by atoms with Crippen molar-refractivity contribution in [2.75, 3.05) is 31.6 Å². The molecule has 1 N–H and O–H groups in total. The predicted octanol–water partition coefficient (Wildman–Crippen LogP) is 2.09. The zero-order chi connectivity index (χ0) is 14.6. The summed E-state index contributed by atoms with van der Waals surface area (Å²) >= 11 is 0. The van der Waals surface area contributed by atoms with Gasteiger partial charge in [0.25, 0.3) is 0 Å². The van der Waals surface area contributed by atoms with Crippen molar-refractivity contribution >= 4 is 5.82 Å². The van der Waals surface area contributed by atoms with Gasteiger partial charge in [0.15, 0.2) is 0 Å². The third kappa shape index (κ3) is 4.34. The molecule has 1 aromatic heterocycles. The van der Waals surface area contributed by atoms with Gasteiger partial charge in [0.2, 0.25) is 5.88 Å². The normalized spacial score (nSPS) is 17.3. The maximum absolute atomic E-state index is 5.16. The molecular formula is C15H26N4O. The van der Waals surface area contributed by atoms with E-state index in [-0.39, 0.29) is 5.54 Å². The Balaban J connectivity index is 1.84. The van der Waals surface area contributed by atoms with Crippen molar-refractivity contribution in [2.45, 2.75) is 39.2 Å². The zero-order valence-electron chi connectivity index (χ0n) is 13.0. The molecule has 0 spiro atoms. The highest BCUT2D eigenvalue weighted by Gasteiger charge is 2.21. The van der Waals surface area contributed by atoms with Gasteiger partial charge in [0, 0.05) is 24.7 Å². The van der Waals surface area contributed by atoms with E-state index in [0.717, 1.165) is 31.4 Å². The van der Waals surface area contributed by atoms with Crippen LogP contribution in [-0.4, -0.2) is 42.3 Å². The number of nitrogens with zero attached hydrogens (tertiary/aromatic N) is 3. The van der Waals surface area contributed by atoms with Crippen molar-refractivity contribution in [2.24, 2.45) is 5.92 Å². The summed E-state index contributed by atoms with van der Waals surface area (Å²) in [7, 11) is 1.64. The number of rotatable bonds is 4. The summed E-state index contributed by atoms with van der Waals surface area (Å²) in [6.45, 7) is 9.86. The first-order valence-corrected chi connectivity index (χ1v) is 7.34. The molecule has 0 radical (unpaired) electrons. The summed E-state index contributed by atoms with van der Waals surface area (Å²) in [5.41, 5.74) is 0.206. The molecule has 112 valence electrons. The van der Waals surface area contributed by atoms with Gasteiger partial charge in [-0.05, 0) is 46.1 Å². The summed E-state index contributed by atoms with van der Waals surface area (Å²) in [6, 6.07) is 1.91. The molecular weight excluding hydrogens is 252 g/mol. The molecule has 5 heteroatoms. The van der Waals surface area contributed by atoms with E-state index < -0.39 is 0 Å². The van der Waals surface area contributed by atoms with Crippen molar-refractivity contribution in [1.82, 2.24) is 15.3 Å². The van der Waals surface area contributed by atoms with E-state index in [2.05, 4.69) is 41.0 Å². The number of anilines is 1. The van der Waals surface area contributed by atoms with Crippen LogP contribution in [0.2, 0.25) is 0 Å². The van der Waals surface area contributed by atoms with Crippen LogP contribution in [-0.2, 0) is 0 Å². The lowest BCUT2D eigenvalue weighted by molar-refractivity contribution is 0.328. The lowest BCUT2D eigenvalue weighted by Crippen LogP contribution is -2.43. The average Bonchev–Trinajstić information content (AvgIpc) is 2.45. The lowest BCUT2D eigenvalue weighted by atomic mass is 9.95. The van der Waals surface area contributed by atoms with Crippen molar-refractivity contribution < 1.29 is 4.74 Å². The molecule has 1 saturated heterocycles. The van der Waals surface area contributed by atoms with E-state index in [0.29, 0.717) is 5.88 Å². The molecule has 0 aliphatic carbocycles. The fourth-order valence-electron chi connectivity index (χ4n) is 2.43. The number of aromatic nitrogens is 2. The second-order valence-electron chi connectivity index (χ2n) is 6.48. The summed E-state index contributed by atoms with van der Waals surface area (Å²) in [5, 5.41) is 3.60. The molecule has 2 rings (SSSR count). The highest BCUT2D eigenvalue weighted by atomic mass is 16.5. The monoisotopic (exact) mass is 278 g/mol. The van der Waals surface area contributed by atoms with Gasteiger partial charge in [-0.3, -0.25) is 0 Å². The Morgan fingerprint density at radius 3 is 2.60 bits per heavy atom. The maximum atomic E-state index is 5.16. The van der Waals surface area contributed by atoms with Gasteiger partial charge in [0.05, 0.1) is 7.11 Å². The van der Waals surface area contributed by atoms with E-state index in [4.69, 9.17) is 4.74 Å². The fourth-order valence-corrected chi connectivity index (χ4v) is 2.43. The minimum atomic E-state index is 0.206. The topological polar surface area (TPSA) is 50.3 Å². The van der Waals surface area contributed by atoms with Crippen LogP contribution in [0, 0.1) is 5.92 Å². The summed E-state index contributed by atoms with van der Waals surface area (Å²) < 4.78 is 5.16. The van der Waals surface area contributed by atoms with Crippen molar-refractivity contribution in [3.8, 4) is 5.88 Å². The van der Waals surface area contributed by atoms with Crippen LogP contribution in [0.25, 0.3) is 0 Å². The Bertz CT molecular complexity index is 422. The molecule has 0 amide bonds. The van der Waals surface area contributed by atoms with E-state index in [1.807, 2.05) is 6.07 Å². The third-order valence-electron chi connectivity index (χ3n) is 3.70. The summed E-state index contributed by atoms with van der Waals surface area (Å²) in [6.07, 6.45) is 3.98. The van der Waals surface area contributed by atoms with Gasteiger partial charge in [-0.1, -0.05) is 0 Å². The minimum Gasteiger partial charge on any atom is -0.481 e. The molecule has 0 atom stereocenters. The van der Waals surface area contributed by atoms with Crippen LogP contribution in [0.4, 0.5) is 5.82 Å². The first-order valence-electron chi connectivity index (χ1n) is 7.34. The van der Waals surface area contributed by atoms with Crippen LogP contribution >= 0.6 is 0 Å². The molecule has 20 heavy (non-hydrogen) atoms. The predicted molar refractivity (Wildman–Crippen MR) is 81.3 cm³/mol. The Hall–Kier alpha value is -1.36. The van der Waals surface area contributed by atoms with Crippen molar-refractivity contribution in [3.05, 3.63) is 12.4 Å². The zero-order valence-corrected chi connectivity index (χ0v) is 13.0. The van der Waals surface area contributed by atoms with Gasteiger partial charge < -0.3 is 15.0 Å². The fraction of sp³-hybridized carbons (Fsp3) is 0.733. The first-order chi connectivity index (χ1) is 9.48. The van der Waals surface area contributed by atoms with Gasteiger partial charge in [-0.25, -0.2) is 9.97 Å². The second-order valence-corrected chi connectivity index (χ2v) is 6.48. The number of hydrogen-bond donors (Lipinski definition) is 1. The van der Waals surface area contributed by atoms with Crippen LogP contribution < -0.4 is 15.0 Å². The van der Waals surface area contributed by atoms with Crippen LogP contribution in [0.3, 0.4) is 0 Å². The van der Waals surface area contributed by atoms with Gasteiger partial charge in [-0.2, -0.15) is 0 Å². The third-order valence-corrected chi connectivity index (χ3v) is 3.70. The van der Waals surface area contributed by atoms with E-state index in [1.54, 1.807) is 13.4 Å². The Morgan fingerprint density at radius 1 is 1.30 bits per heavy atom. The number of nitrogens with one attached hydrogen (secondary N) is 1. The maximum Gasteiger partial charge on any atom is 0.218 e. The van der Waals surface area contributed by atoms with Crippen molar-refractivity contribution in [3.63, 3.8) is 0 Å². The molecule has 0 bridgehead atoms. The highest BCUT2D eigenvalue weighted by molar-refractivity contribution is 5.41. The van der Waals surface area contributed by atoms with Crippen LogP contribution in [0.1, 0.15) is 33.6 Å². The number of ether oxygens (including phenoxy) is 1. The largest absolute Gasteiger partial charge is 0.481 e. The van der Waals surface area contributed by atoms with Crippen LogP contribution in [0.5, 0.6) is 5.88 Å². The first kappa shape index (κ1) is 15.0. The molecule has 2 heterocycles. The SMILES string of the molecule is COc1cc(N2CCC(CNC(C)(C)C)CC2)ncn1. The smallest absolute Gasteiger partial charge is 0.218 e. The molecule has 0 unspecified atom stereocenters. The molecule has 1 aliphatic heterocycles. The lowest BCUT2D eigenvalue weighted by Gasteiger charge is -2.34. The quantitative estimate of drug-likeness (QED) is 0.914. The van der Waals surface area contributed by atoms with Gasteiger partial charge in [0.1, 0.15) is 12.1 Å². The number of piperidine rings is 1. The number of methoxy groups -OCH3 is 1. The Kier molecular flexibility index (Phi) is 4.81. The second kappa shape index (κ2) is 6.39. The number of hydrogen-bond acceptors (Lipinski definition) is 5. The molecule has 0 aromatic carbocycles. The highest BCUT2D eigenvalue weighted by Crippen LogP contribution is 2.23. The average molecular weight is 278 g/mol. The molecule has 5 nitrogen and oxygen atoms in total. The van der Waals surface area contributed by atoms with Gasteiger partial charge >= 0.3 is 0 Å².